The predicted octanol–water partition coefficient (Wildman–Crippen LogP) is 23.1. The highest BCUT2D eigenvalue weighted by Gasteiger charge is 2.19. The Labute approximate surface area is 484 Å². The van der Waals surface area contributed by atoms with Crippen LogP contribution in [0.2, 0.25) is 0 Å². The highest BCUT2D eigenvalue weighted by molar-refractivity contribution is 5.71. The molecule has 0 saturated carbocycles. The molecule has 0 spiro atoms. The van der Waals surface area contributed by atoms with E-state index in [1.54, 1.807) is 0 Å². The van der Waals surface area contributed by atoms with Crippen molar-refractivity contribution in [1.29, 1.82) is 0 Å². The number of unbranched alkanes of at least 4 members (excludes halogenated alkanes) is 36. The van der Waals surface area contributed by atoms with Crippen LogP contribution in [0, 0.1) is 0 Å². The van der Waals surface area contributed by atoms with E-state index in [4.69, 9.17) is 14.2 Å². The van der Waals surface area contributed by atoms with E-state index in [1.807, 2.05) is 6.08 Å². The zero-order valence-corrected chi connectivity index (χ0v) is 51.7. The first kappa shape index (κ1) is 74.6. The molecule has 0 aliphatic carbocycles. The maximum absolute atomic E-state index is 12.9. The number of esters is 3. The van der Waals surface area contributed by atoms with Crippen LogP contribution in [0.25, 0.3) is 0 Å². The normalized spacial score (nSPS) is 12.6. The summed E-state index contributed by atoms with van der Waals surface area (Å²) in [6, 6.07) is 0. The first-order chi connectivity index (χ1) is 38.5. The molecular weight excluding hydrogens is 961 g/mol. The van der Waals surface area contributed by atoms with E-state index in [-0.39, 0.29) is 37.5 Å². The van der Waals surface area contributed by atoms with Gasteiger partial charge in [0, 0.05) is 19.3 Å². The zero-order valence-electron chi connectivity index (χ0n) is 51.7. The largest absolute Gasteiger partial charge is 0.462 e. The number of carbonyl (C=O) groups is 3. The van der Waals surface area contributed by atoms with Crippen molar-refractivity contribution in [2.45, 2.75) is 341 Å². The summed E-state index contributed by atoms with van der Waals surface area (Å²) in [5, 5.41) is 0. The van der Waals surface area contributed by atoms with Crippen LogP contribution in [-0.2, 0) is 28.6 Å². The molecule has 78 heavy (non-hydrogen) atoms. The Morgan fingerprint density at radius 2 is 0.526 bits per heavy atom. The van der Waals surface area contributed by atoms with Gasteiger partial charge in [-0.05, 0) is 83.5 Å². The fourth-order valence-electron chi connectivity index (χ4n) is 9.64. The van der Waals surface area contributed by atoms with Crippen molar-refractivity contribution < 1.29 is 28.6 Å². The van der Waals surface area contributed by atoms with Crippen LogP contribution in [0.4, 0.5) is 0 Å². The standard InChI is InChI=1S/C72H126O6/c1-4-7-10-13-16-19-22-25-27-29-31-32-33-34-35-36-37-38-39-40-41-43-44-47-50-53-56-59-62-65-71(74)77-68-69(67-76-70(73)64-61-58-55-52-49-46-24-21-18-15-12-9-6-3)78-72(75)66-63-60-57-54-51-48-45-42-30-28-26-23-20-17-14-11-8-5-2/h9,12,18,21-22,25,29,31,33-34,46,49,55,58,69H,4-8,10-11,13-17,19-20,23-24,26-28,30,32,35-45,47-48,50-54,56-57,59-68H2,1-3H3/b12-9-,21-18-,25-22-,31-29-,34-33-,49-46-,58-55-. The zero-order chi connectivity index (χ0) is 56.4. The van der Waals surface area contributed by atoms with Crippen LogP contribution in [0.5, 0.6) is 0 Å². The molecule has 0 aromatic rings. The molecule has 450 valence electrons. The number of hydrogen-bond acceptors (Lipinski definition) is 6. The van der Waals surface area contributed by atoms with E-state index in [0.29, 0.717) is 19.3 Å². The van der Waals surface area contributed by atoms with Gasteiger partial charge in [0.2, 0.25) is 0 Å². The average Bonchev–Trinajstić information content (AvgIpc) is 3.44. The van der Waals surface area contributed by atoms with Crippen LogP contribution in [0.1, 0.15) is 335 Å². The van der Waals surface area contributed by atoms with Crippen molar-refractivity contribution in [3.8, 4) is 0 Å². The highest BCUT2D eigenvalue weighted by Crippen LogP contribution is 2.17. The minimum Gasteiger partial charge on any atom is -0.462 e. The molecule has 0 rings (SSSR count). The molecule has 0 aliphatic heterocycles. The van der Waals surface area contributed by atoms with Crippen LogP contribution in [0.15, 0.2) is 85.1 Å². The van der Waals surface area contributed by atoms with Crippen LogP contribution in [0.3, 0.4) is 0 Å². The lowest BCUT2D eigenvalue weighted by molar-refractivity contribution is -0.166. The van der Waals surface area contributed by atoms with Crippen molar-refractivity contribution in [2.75, 3.05) is 13.2 Å². The molecule has 0 bridgehead atoms. The van der Waals surface area contributed by atoms with Crippen molar-refractivity contribution in [3.63, 3.8) is 0 Å². The molecule has 0 aromatic heterocycles. The summed E-state index contributed by atoms with van der Waals surface area (Å²) >= 11 is 0. The molecule has 0 N–H and O–H groups in total. The van der Waals surface area contributed by atoms with E-state index in [0.717, 1.165) is 77.0 Å². The van der Waals surface area contributed by atoms with Crippen LogP contribution in [-0.4, -0.2) is 37.2 Å². The maximum Gasteiger partial charge on any atom is 0.306 e. The first-order valence-corrected chi connectivity index (χ1v) is 33.6. The first-order valence-electron chi connectivity index (χ1n) is 33.6. The quantitative estimate of drug-likeness (QED) is 0.0261. The Kier molecular flexibility index (Phi) is 63.2. The third kappa shape index (κ3) is 63.4. The molecule has 6 nitrogen and oxygen atoms in total. The third-order valence-electron chi connectivity index (χ3n) is 14.6. The van der Waals surface area contributed by atoms with Crippen molar-refractivity contribution >= 4 is 17.9 Å². The van der Waals surface area contributed by atoms with Crippen molar-refractivity contribution in [3.05, 3.63) is 85.1 Å². The van der Waals surface area contributed by atoms with Crippen molar-refractivity contribution in [2.24, 2.45) is 0 Å². The van der Waals surface area contributed by atoms with Crippen molar-refractivity contribution in [1.82, 2.24) is 0 Å². The third-order valence-corrected chi connectivity index (χ3v) is 14.6. The molecule has 1 unspecified atom stereocenters. The Morgan fingerprint density at radius 1 is 0.269 bits per heavy atom. The molecule has 0 amide bonds. The number of hydrogen-bond donors (Lipinski definition) is 0. The summed E-state index contributed by atoms with van der Waals surface area (Å²) in [6.45, 7) is 6.49. The van der Waals surface area contributed by atoms with Gasteiger partial charge in [-0.1, -0.05) is 318 Å². The fourth-order valence-corrected chi connectivity index (χ4v) is 9.64. The molecular formula is C72H126O6. The monoisotopic (exact) mass is 1090 g/mol. The molecule has 0 radical (unpaired) electrons. The Balaban J connectivity index is 4.26. The second-order valence-corrected chi connectivity index (χ2v) is 22.4. The van der Waals surface area contributed by atoms with E-state index >= 15 is 0 Å². The number of carbonyl (C=O) groups excluding carboxylic acids is 3. The van der Waals surface area contributed by atoms with Gasteiger partial charge in [-0.3, -0.25) is 14.4 Å². The number of allylic oxidation sites excluding steroid dienone is 14. The molecule has 0 aliphatic rings. The lowest BCUT2D eigenvalue weighted by Crippen LogP contribution is -2.30. The Morgan fingerprint density at radius 3 is 0.859 bits per heavy atom. The second kappa shape index (κ2) is 66.1. The smallest absolute Gasteiger partial charge is 0.306 e. The number of ether oxygens (including phenoxy) is 3. The molecule has 0 aromatic carbocycles. The van der Waals surface area contributed by atoms with Gasteiger partial charge >= 0.3 is 17.9 Å². The topological polar surface area (TPSA) is 78.9 Å². The minimum atomic E-state index is -0.804. The van der Waals surface area contributed by atoms with E-state index in [9.17, 15) is 14.4 Å². The van der Waals surface area contributed by atoms with Crippen LogP contribution < -0.4 is 0 Å². The predicted molar refractivity (Wildman–Crippen MR) is 339 cm³/mol. The van der Waals surface area contributed by atoms with Gasteiger partial charge in [-0.15, -0.1) is 0 Å². The summed E-state index contributed by atoms with van der Waals surface area (Å²) in [6.07, 6.45) is 87.7. The van der Waals surface area contributed by atoms with Gasteiger partial charge in [0.1, 0.15) is 13.2 Å². The summed E-state index contributed by atoms with van der Waals surface area (Å²) in [5.41, 5.74) is 0. The fraction of sp³-hybridized carbons (Fsp3) is 0.764. The molecule has 0 heterocycles. The number of rotatable bonds is 61. The summed E-state index contributed by atoms with van der Waals surface area (Å²) in [7, 11) is 0. The highest BCUT2D eigenvalue weighted by atomic mass is 16.6. The van der Waals surface area contributed by atoms with E-state index < -0.39 is 6.10 Å². The minimum absolute atomic E-state index is 0.0955. The molecule has 6 heteroatoms. The summed E-state index contributed by atoms with van der Waals surface area (Å²) in [4.78, 5) is 38.3. The summed E-state index contributed by atoms with van der Waals surface area (Å²) < 4.78 is 16.9. The SMILES string of the molecule is CC/C=C\C/C=C\C/C=C\C/C=C\CCC(=O)OCC(COC(=O)CCCCCCCCCCCCCCCC/C=C\C/C=C\C/C=C\CCCCCCC)OC(=O)CCCCCCCCCCCCCCCCCCCC. The van der Waals surface area contributed by atoms with Crippen LogP contribution >= 0.6 is 0 Å². The second-order valence-electron chi connectivity index (χ2n) is 22.4. The molecule has 1 atom stereocenters. The Bertz CT molecular complexity index is 1480. The van der Waals surface area contributed by atoms with E-state index in [2.05, 4.69) is 99.8 Å². The maximum atomic E-state index is 12.9. The van der Waals surface area contributed by atoms with E-state index in [1.165, 1.54) is 212 Å². The van der Waals surface area contributed by atoms with Gasteiger partial charge in [0.15, 0.2) is 6.10 Å². The molecule has 0 fully saturated rings. The lowest BCUT2D eigenvalue weighted by Gasteiger charge is -2.18. The lowest BCUT2D eigenvalue weighted by atomic mass is 10.0. The van der Waals surface area contributed by atoms with Gasteiger partial charge in [-0.2, -0.15) is 0 Å². The van der Waals surface area contributed by atoms with Gasteiger partial charge in [0.25, 0.3) is 0 Å². The van der Waals surface area contributed by atoms with Gasteiger partial charge in [-0.25, -0.2) is 0 Å². The van der Waals surface area contributed by atoms with Gasteiger partial charge < -0.3 is 14.2 Å². The average molecular weight is 1090 g/mol. The summed E-state index contributed by atoms with van der Waals surface area (Å²) in [5.74, 6) is -0.965. The Hall–Kier alpha value is -3.41. The van der Waals surface area contributed by atoms with Gasteiger partial charge in [0.05, 0.1) is 0 Å². The molecule has 0 saturated heterocycles.